The van der Waals surface area contributed by atoms with Gasteiger partial charge in [0.25, 0.3) is 0 Å². The number of aromatic nitrogens is 2. The molecule has 0 radical (unpaired) electrons. The van der Waals surface area contributed by atoms with E-state index in [4.69, 9.17) is 0 Å². The van der Waals surface area contributed by atoms with Crippen LogP contribution in [0.3, 0.4) is 0 Å². The van der Waals surface area contributed by atoms with E-state index >= 15 is 0 Å². The summed E-state index contributed by atoms with van der Waals surface area (Å²) in [5.41, 5.74) is 0. The summed E-state index contributed by atoms with van der Waals surface area (Å²) in [6.45, 7) is 0.178. The zero-order valence-corrected chi connectivity index (χ0v) is 9.94. The summed E-state index contributed by atoms with van der Waals surface area (Å²) in [5.74, 6) is -0.243. The van der Waals surface area contributed by atoms with Crippen molar-refractivity contribution in [2.45, 2.75) is 19.1 Å². The molecule has 0 fully saturated rings. The summed E-state index contributed by atoms with van der Waals surface area (Å²) in [5, 5.41) is 20.0. The molecule has 0 aromatic carbocycles. The zero-order chi connectivity index (χ0) is 11.3. The summed E-state index contributed by atoms with van der Waals surface area (Å²) in [6, 6.07) is 0. The van der Waals surface area contributed by atoms with Crippen LogP contribution in [0.4, 0.5) is 5.95 Å². The molecule has 0 bridgehead atoms. The fourth-order valence-electron chi connectivity index (χ4n) is 1.13. The number of rotatable bonds is 5. The van der Waals surface area contributed by atoms with Gasteiger partial charge in [0.2, 0.25) is 0 Å². The van der Waals surface area contributed by atoms with Crippen LogP contribution in [-0.4, -0.2) is 25.7 Å². The van der Waals surface area contributed by atoms with Crippen molar-refractivity contribution in [2.24, 2.45) is 0 Å². The monoisotopic (exact) mass is 323 g/mol. The first kappa shape index (κ1) is 12.1. The molecule has 1 unspecified atom stereocenters. The van der Waals surface area contributed by atoms with Gasteiger partial charge in [-0.1, -0.05) is 33.7 Å². The van der Waals surface area contributed by atoms with Crippen LogP contribution < -0.4 is 0 Å². The molecule has 0 saturated heterocycles. The maximum absolute atomic E-state index is 10.5. The fraction of sp³-hybridized carbons (Fsp3) is 0.375. The molecule has 1 rings (SSSR count). The van der Waals surface area contributed by atoms with E-state index in [-0.39, 0.29) is 12.5 Å². The number of imidazole rings is 1. The molecule has 0 amide bonds. The summed E-state index contributed by atoms with van der Waals surface area (Å²) in [4.78, 5) is 13.5. The van der Waals surface area contributed by atoms with Crippen LogP contribution in [0.5, 0.6) is 0 Å². The Morgan fingerprint density at radius 1 is 1.80 bits per heavy atom. The van der Waals surface area contributed by atoms with Crippen molar-refractivity contribution in [1.82, 2.24) is 9.55 Å². The van der Waals surface area contributed by atoms with Gasteiger partial charge in [-0.25, -0.2) is 4.57 Å². The van der Waals surface area contributed by atoms with Crippen molar-refractivity contribution in [2.75, 3.05) is 0 Å². The van der Waals surface area contributed by atoms with Crippen LogP contribution in [0.1, 0.15) is 6.42 Å². The van der Waals surface area contributed by atoms with Gasteiger partial charge < -0.3 is 15.2 Å². The first-order valence-electron chi connectivity index (χ1n) is 4.24. The summed E-state index contributed by atoms with van der Waals surface area (Å²) in [7, 11) is 0. The Bertz CT molecular complexity index is 364. The van der Waals surface area contributed by atoms with E-state index in [0.717, 1.165) is 0 Å². The minimum atomic E-state index is -0.635. The van der Waals surface area contributed by atoms with Crippen molar-refractivity contribution in [3.05, 3.63) is 32.7 Å². The number of nitro groups is 1. The van der Waals surface area contributed by atoms with E-state index in [1.165, 1.54) is 17.0 Å². The third-order valence-corrected chi connectivity index (χ3v) is 2.27. The topological polar surface area (TPSA) is 81.2 Å². The van der Waals surface area contributed by atoms with E-state index in [0.29, 0.717) is 6.42 Å². The third kappa shape index (κ3) is 3.59. The van der Waals surface area contributed by atoms with E-state index in [2.05, 4.69) is 4.98 Å². The van der Waals surface area contributed by atoms with Gasteiger partial charge in [0, 0.05) is 0 Å². The minimum Gasteiger partial charge on any atom is -0.390 e. The number of aliphatic hydroxyl groups is 1. The Morgan fingerprint density at radius 2 is 2.53 bits per heavy atom. The van der Waals surface area contributed by atoms with Gasteiger partial charge in [-0.05, 0) is 15.4 Å². The molecule has 1 N–H and O–H groups in total. The van der Waals surface area contributed by atoms with Gasteiger partial charge >= 0.3 is 5.95 Å². The van der Waals surface area contributed by atoms with Crippen LogP contribution in [0.25, 0.3) is 0 Å². The number of nitrogens with zero attached hydrogens (tertiary/aromatic N) is 3. The van der Waals surface area contributed by atoms with E-state index in [1.54, 1.807) is 10.2 Å². The van der Waals surface area contributed by atoms with Crippen molar-refractivity contribution in [3.8, 4) is 0 Å². The van der Waals surface area contributed by atoms with Crippen LogP contribution in [-0.2, 0) is 6.54 Å². The summed E-state index contributed by atoms with van der Waals surface area (Å²) >= 11 is 2.05. The fourth-order valence-corrected chi connectivity index (χ4v) is 1.42. The molecule has 0 aliphatic carbocycles. The van der Waals surface area contributed by atoms with Crippen molar-refractivity contribution in [1.29, 1.82) is 0 Å². The largest absolute Gasteiger partial charge is 0.434 e. The van der Waals surface area contributed by atoms with E-state index in [9.17, 15) is 15.2 Å². The van der Waals surface area contributed by atoms with Crippen LogP contribution in [0.15, 0.2) is 22.6 Å². The van der Waals surface area contributed by atoms with Crippen molar-refractivity contribution >= 4 is 28.5 Å². The highest BCUT2D eigenvalue weighted by atomic mass is 127. The Morgan fingerprint density at radius 3 is 3.13 bits per heavy atom. The smallest absolute Gasteiger partial charge is 0.390 e. The molecule has 0 aliphatic rings. The number of halogens is 1. The third-order valence-electron chi connectivity index (χ3n) is 1.76. The SMILES string of the molecule is O=[N+]([O-])c1nccn1CC(O)C/C=C\I. The summed E-state index contributed by atoms with van der Waals surface area (Å²) < 4.78 is 3.12. The Labute approximate surface area is 99.9 Å². The highest BCUT2D eigenvalue weighted by Gasteiger charge is 2.16. The van der Waals surface area contributed by atoms with Gasteiger partial charge in [0.1, 0.15) is 12.4 Å². The quantitative estimate of drug-likeness (QED) is 0.506. The highest BCUT2D eigenvalue weighted by molar-refractivity contribution is 14.1. The van der Waals surface area contributed by atoms with Gasteiger partial charge in [-0.15, -0.1) is 0 Å². The van der Waals surface area contributed by atoms with Crippen LogP contribution >= 0.6 is 22.6 Å². The highest BCUT2D eigenvalue weighted by Crippen LogP contribution is 2.09. The molecule has 7 heteroatoms. The molecular weight excluding hydrogens is 313 g/mol. The predicted octanol–water partition coefficient (Wildman–Crippen LogP) is 1.49. The second-order valence-electron chi connectivity index (χ2n) is 2.89. The molecule has 1 aromatic heterocycles. The Hall–Kier alpha value is -0.960. The second kappa shape index (κ2) is 5.81. The van der Waals surface area contributed by atoms with E-state index in [1.807, 2.05) is 22.6 Å². The molecule has 0 spiro atoms. The first-order chi connectivity index (χ1) is 7.15. The van der Waals surface area contributed by atoms with Crippen molar-refractivity contribution < 1.29 is 10.0 Å². The number of hydrogen-bond donors (Lipinski definition) is 1. The average Bonchev–Trinajstić information content (AvgIpc) is 2.62. The molecule has 1 atom stereocenters. The molecule has 82 valence electrons. The number of aliphatic hydroxyl groups excluding tert-OH is 1. The van der Waals surface area contributed by atoms with Crippen LogP contribution in [0.2, 0.25) is 0 Å². The average molecular weight is 323 g/mol. The maximum Gasteiger partial charge on any atom is 0.434 e. The maximum atomic E-state index is 10.5. The van der Waals surface area contributed by atoms with Gasteiger partial charge in [0.05, 0.1) is 12.6 Å². The molecule has 0 saturated carbocycles. The van der Waals surface area contributed by atoms with Crippen LogP contribution in [0, 0.1) is 10.1 Å². The summed E-state index contributed by atoms with van der Waals surface area (Å²) in [6.07, 6.45) is 4.46. The lowest BCUT2D eigenvalue weighted by atomic mass is 10.2. The van der Waals surface area contributed by atoms with Gasteiger partial charge in [0.15, 0.2) is 0 Å². The lowest BCUT2D eigenvalue weighted by molar-refractivity contribution is -0.397. The predicted molar refractivity (Wildman–Crippen MR) is 62.7 cm³/mol. The molecule has 15 heavy (non-hydrogen) atoms. The lowest BCUT2D eigenvalue weighted by Crippen LogP contribution is -2.16. The van der Waals surface area contributed by atoms with Crippen molar-refractivity contribution in [3.63, 3.8) is 0 Å². The first-order valence-corrected chi connectivity index (χ1v) is 5.48. The lowest BCUT2D eigenvalue weighted by Gasteiger charge is -2.06. The standard InChI is InChI=1S/C8H10IN3O3/c9-3-1-2-7(13)6-11-5-4-10-8(11)12(14)15/h1,3-5,7,13H,2,6H2/b3-1-. The molecular formula is C8H10IN3O3. The molecule has 1 heterocycles. The second-order valence-corrected chi connectivity index (χ2v) is 3.61. The Balaban J connectivity index is 2.63. The molecule has 0 aliphatic heterocycles. The van der Waals surface area contributed by atoms with E-state index < -0.39 is 11.0 Å². The zero-order valence-electron chi connectivity index (χ0n) is 7.78. The number of hydrogen-bond acceptors (Lipinski definition) is 4. The van der Waals surface area contributed by atoms with Gasteiger partial charge in [-0.3, -0.25) is 0 Å². The molecule has 6 nitrogen and oxygen atoms in total. The molecule has 1 aromatic rings. The Kier molecular flexibility index (Phi) is 4.69. The van der Waals surface area contributed by atoms with Gasteiger partial charge in [-0.2, -0.15) is 0 Å². The minimum absolute atomic E-state index is 0.178. The normalized spacial score (nSPS) is 13.2.